The minimum absolute atomic E-state index is 0.557. The third-order valence-electron chi connectivity index (χ3n) is 10.5. The van der Waals surface area contributed by atoms with E-state index in [-0.39, 0.29) is 0 Å². The molecule has 10 rings (SSSR count). The van der Waals surface area contributed by atoms with Crippen LogP contribution >= 0.6 is 0 Å². The van der Waals surface area contributed by atoms with Crippen LogP contribution in [0.2, 0.25) is 0 Å². The van der Waals surface area contributed by atoms with E-state index in [1.807, 2.05) is 24.7 Å². The minimum atomic E-state index is -0.557. The Hall–Kier alpha value is -6.33. The van der Waals surface area contributed by atoms with Gasteiger partial charge in [-0.15, -0.1) is 0 Å². The van der Waals surface area contributed by atoms with Crippen molar-refractivity contribution in [1.29, 1.82) is 0 Å². The Morgan fingerprint density at radius 2 is 1.46 bits per heavy atom. The number of hydrogen-bond acceptors (Lipinski definition) is 5. The van der Waals surface area contributed by atoms with Gasteiger partial charge in [-0.1, -0.05) is 91.0 Å². The highest BCUT2D eigenvalue weighted by Crippen LogP contribution is 2.56. The highest BCUT2D eigenvalue weighted by atomic mass is 16.5. The van der Waals surface area contributed by atoms with Crippen molar-refractivity contribution in [1.82, 2.24) is 20.3 Å². The number of pyridine rings is 3. The number of rotatable bonds is 4. The molecule has 0 saturated heterocycles. The standard InChI is InChI=1S/C45H32N4O/c1-2-8-36-35(7-1)34(15-16-37(36)40-17-13-30-12-11-29-6-5-23-48-43(29)44(30)49-40)31-14-18-42-39(28-31)45(32-19-24-46-25-20-32,33-21-26-47-27-22-33)38-9-3-4-10-41(38)50-42/h1-13,15-17,19-26,28,47H,14,18,27H2. The van der Waals surface area contributed by atoms with Crippen LogP contribution in [0.5, 0.6) is 5.75 Å². The normalized spacial score (nSPS) is 18.2. The van der Waals surface area contributed by atoms with Gasteiger partial charge in [0.2, 0.25) is 0 Å². The molecule has 0 saturated carbocycles. The SMILES string of the molecule is C1=CC(C2(c3ccncc3)C3=C(CCC(c4ccc(-c5ccc6ccc7cccnc7c6n5)c5ccccc45)=C3)Oc3ccccc32)=CCN1. The van der Waals surface area contributed by atoms with E-state index in [0.717, 1.165) is 69.5 Å². The number of fused-ring (bicyclic) bond motifs is 5. The predicted octanol–water partition coefficient (Wildman–Crippen LogP) is 9.85. The van der Waals surface area contributed by atoms with Gasteiger partial charge in [0.15, 0.2) is 0 Å². The molecule has 1 aliphatic carbocycles. The molecule has 4 aromatic carbocycles. The van der Waals surface area contributed by atoms with E-state index >= 15 is 0 Å². The highest BCUT2D eigenvalue weighted by Gasteiger charge is 2.47. The Labute approximate surface area is 290 Å². The van der Waals surface area contributed by atoms with Crippen LogP contribution in [-0.2, 0) is 5.41 Å². The van der Waals surface area contributed by atoms with Crippen LogP contribution < -0.4 is 10.1 Å². The molecule has 5 heteroatoms. The van der Waals surface area contributed by atoms with Crippen molar-refractivity contribution in [2.45, 2.75) is 18.3 Å². The lowest BCUT2D eigenvalue weighted by Gasteiger charge is -2.44. The van der Waals surface area contributed by atoms with E-state index in [4.69, 9.17) is 14.7 Å². The van der Waals surface area contributed by atoms with Gasteiger partial charge in [0.25, 0.3) is 0 Å². The summed E-state index contributed by atoms with van der Waals surface area (Å²) < 4.78 is 6.76. The number of nitrogens with one attached hydrogen (secondary N) is 1. The largest absolute Gasteiger partial charge is 0.461 e. The molecule has 1 unspecified atom stereocenters. The van der Waals surface area contributed by atoms with Crippen molar-refractivity contribution in [3.63, 3.8) is 0 Å². The quantitative estimate of drug-likeness (QED) is 0.193. The zero-order chi connectivity index (χ0) is 33.1. The Kier molecular flexibility index (Phi) is 6.53. The van der Waals surface area contributed by atoms with E-state index in [1.165, 1.54) is 38.6 Å². The average Bonchev–Trinajstić information content (AvgIpc) is 3.20. The molecule has 0 fully saturated rings. The van der Waals surface area contributed by atoms with E-state index in [0.29, 0.717) is 0 Å². The molecule has 1 atom stereocenters. The van der Waals surface area contributed by atoms with Crippen molar-refractivity contribution in [3.8, 4) is 17.0 Å². The maximum atomic E-state index is 6.76. The van der Waals surface area contributed by atoms with Gasteiger partial charge in [-0.3, -0.25) is 9.97 Å². The van der Waals surface area contributed by atoms with Gasteiger partial charge in [-0.2, -0.15) is 0 Å². The Morgan fingerprint density at radius 1 is 0.680 bits per heavy atom. The lowest BCUT2D eigenvalue weighted by Crippen LogP contribution is -2.38. The fraction of sp³-hybridized carbons (Fsp3) is 0.0889. The fourth-order valence-corrected chi connectivity index (χ4v) is 8.29. The topological polar surface area (TPSA) is 59.9 Å². The maximum Gasteiger partial charge on any atom is 0.131 e. The molecule has 0 bridgehead atoms. The number of ether oxygens (including phenoxy) is 1. The highest BCUT2D eigenvalue weighted by molar-refractivity contribution is 6.06. The van der Waals surface area contributed by atoms with Gasteiger partial charge in [0, 0.05) is 59.0 Å². The Morgan fingerprint density at radius 3 is 2.32 bits per heavy atom. The van der Waals surface area contributed by atoms with Crippen LogP contribution in [0.25, 0.3) is 49.4 Å². The summed E-state index contributed by atoms with van der Waals surface area (Å²) >= 11 is 0. The smallest absolute Gasteiger partial charge is 0.131 e. The number of nitrogens with zero attached hydrogens (tertiary/aromatic N) is 3. The monoisotopic (exact) mass is 644 g/mol. The summed E-state index contributed by atoms with van der Waals surface area (Å²) in [5.41, 5.74) is 10.6. The zero-order valence-electron chi connectivity index (χ0n) is 27.3. The lowest BCUT2D eigenvalue weighted by atomic mass is 9.61. The molecular weight excluding hydrogens is 613 g/mol. The fourth-order valence-electron chi connectivity index (χ4n) is 8.29. The van der Waals surface area contributed by atoms with Crippen LogP contribution in [-0.4, -0.2) is 21.5 Å². The molecule has 2 aliphatic heterocycles. The summed E-state index contributed by atoms with van der Waals surface area (Å²) in [4.78, 5) is 14.3. The molecule has 1 N–H and O–H groups in total. The van der Waals surface area contributed by atoms with Crippen LogP contribution in [0.4, 0.5) is 0 Å². The molecule has 50 heavy (non-hydrogen) atoms. The molecule has 238 valence electrons. The first-order valence-electron chi connectivity index (χ1n) is 17.2. The second-order valence-electron chi connectivity index (χ2n) is 13.1. The number of hydrogen-bond donors (Lipinski definition) is 1. The van der Waals surface area contributed by atoms with Gasteiger partial charge >= 0.3 is 0 Å². The van der Waals surface area contributed by atoms with E-state index in [1.54, 1.807) is 0 Å². The second-order valence-corrected chi connectivity index (χ2v) is 13.1. The Bertz CT molecular complexity index is 2630. The van der Waals surface area contributed by atoms with Crippen LogP contribution in [0, 0.1) is 0 Å². The third kappa shape index (κ3) is 4.30. The number of dihydropyridines is 1. The van der Waals surface area contributed by atoms with Crippen LogP contribution in [0.15, 0.2) is 169 Å². The summed E-state index contributed by atoms with van der Waals surface area (Å²) in [5, 5.41) is 7.95. The minimum Gasteiger partial charge on any atom is -0.461 e. The molecule has 0 spiro atoms. The van der Waals surface area contributed by atoms with Crippen molar-refractivity contribution in [2.24, 2.45) is 0 Å². The van der Waals surface area contributed by atoms with Crippen molar-refractivity contribution in [3.05, 3.63) is 186 Å². The second kappa shape index (κ2) is 11.4. The summed E-state index contributed by atoms with van der Waals surface area (Å²) in [5.74, 6) is 1.94. The maximum absolute atomic E-state index is 6.76. The van der Waals surface area contributed by atoms with E-state index in [2.05, 4.69) is 138 Å². The molecule has 0 radical (unpaired) electrons. The first-order valence-corrected chi connectivity index (χ1v) is 17.2. The van der Waals surface area contributed by atoms with Crippen molar-refractivity contribution in [2.75, 3.05) is 6.54 Å². The summed E-state index contributed by atoms with van der Waals surface area (Å²) in [7, 11) is 0. The molecular formula is C45H32N4O. The van der Waals surface area contributed by atoms with Gasteiger partial charge in [-0.25, -0.2) is 4.98 Å². The number of aromatic nitrogens is 3. The predicted molar refractivity (Wildman–Crippen MR) is 202 cm³/mol. The lowest BCUT2D eigenvalue weighted by molar-refractivity contribution is 0.363. The van der Waals surface area contributed by atoms with Gasteiger partial charge in [-0.05, 0) is 82.1 Å². The Balaban J connectivity index is 1.17. The molecule has 3 aliphatic rings. The van der Waals surface area contributed by atoms with E-state index < -0.39 is 5.41 Å². The summed E-state index contributed by atoms with van der Waals surface area (Å²) in [6.45, 7) is 0.766. The molecule has 3 aromatic heterocycles. The first kappa shape index (κ1) is 28.7. The van der Waals surface area contributed by atoms with E-state index in [9.17, 15) is 0 Å². The van der Waals surface area contributed by atoms with Crippen molar-refractivity contribution < 1.29 is 4.74 Å². The summed E-state index contributed by atoms with van der Waals surface area (Å²) in [6.07, 6.45) is 16.3. The van der Waals surface area contributed by atoms with Crippen molar-refractivity contribution >= 4 is 38.2 Å². The number of benzene rings is 4. The number of allylic oxidation sites excluding steroid dienone is 6. The third-order valence-corrected chi connectivity index (χ3v) is 10.5. The zero-order valence-corrected chi connectivity index (χ0v) is 27.3. The average molecular weight is 645 g/mol. The van der Waals surface area contributed by atoms with Gasteiger partial charge in [0.1, 0.15) is 11.5 Å². The van der Waals surface area contributed by atoms with Crippen LogP contribution in [0.1, 0.15) is 29.5 Å². The summed E-state index contributed by atoms with van der Waals surface area (Å²) in [6, 6.07) is 38.7. The van der Waals surface area contributed by atoms with Gasteiger partial charge in [0.05, 0.1) is 22.1 Å². The van der Waals surface area contributed by atoms with Gasteiger partial charge < -0.3 is 10.1 Å². The molecule has 5 nitrogen and oxygen atoms in total. The molecule has 0 amide bonds. The van der Waals surface area contributed by atoms with Crippen LogP contribution in [0.3, 0.4) is 0 Å². The molecule has 5 heterocycles. The first-order chi connectivity index (χ1) is 24.8. The number of para-hydroxylation sites is 1. The molecule has 7 aromatic rings.